The van der Waals surface area contributed by atoms with Gasteiger partial charge in [0.15, 0.2) is 0 Å². The van der Waals surface area contributed by atoms with Gasteiger partial charge in [-0.15, -0.1) is 0 Å². The van der Waals surface area contributed by atoms with Crippen LogP contribution in [0.15, 0.2) is 48.7 Å². The molecule has 2 fully saturated rings. The van der Waals surface area contributed by atoms with Gasteiger partial charge in [-0.3, -0.25) is 0 Å². The second kappa shape index (κ2) is 10.0. The smallest absolute Gasteiger partial charge is 0.378 e. The van der Waals surface area contributed by atoms with Gasteiger partial charge in [0.1, 0.15) is 11.6 Å². The topological polar surface area (TPSA) is 70.5 Å². The molecule has 0 unspecified atom stereocenters. The predicted molar refractivity (Wildman–Crippen MR) is 126 cm³/mol. The molecule has 0 amide bonds. The Hall–Kier alpha value is -3.47. The number of nitrogens with zero attached hydrogens (tertiary/aromatic N) is 7. The molecule has 2 saturated heterocycles. The molecule has 1 aromatic carbocycles. The molecule has 5 rings (SSSR count). The summed E-state index contributed by atoms with van der Waals surface area (Å²) in [5.74, 6) is 1.78. The SMILES string of the molecule is FC(F)(F)c1cccnc1N1CCN(c2nc(Cc3ccccc3)nc(N3CCOCC3)n2)CC1. The van der Waals surface area contributed by atoms with Crippen LogP contribution in [0.25, 0.3) is 0 Å². The minimum absolute atomic E-state index is 0.0333. The first-order chi connectivity index (χ1) is 17.0. The molecular formula is C24H26F3N7O. The van der Waals surface area contributed by atoms with E-state index in [0.29, 0.717) is 76.6 Å². The first-order valence-electron chi connectivity index (χ1n) is 11.6. The first-order valence-corrected chi connectivity index (χ1v) is 11.6. The molecule has 0 N–H and O–H groups in total. The predicted octanol–water partition coefficient (Wildman–Crippen LogP) is 3.04. The van der Waals surface area contributed by atoms with Crippen LogP contribution in [0.2, 0.25) is 0 Å². The van der Waals surface area contributed by atoms with Crippen LogP contribution in [0, 0.1) is 0 Å². The van der Waals surface area contributed by atoms with E-state index in [4.69, 9.17) is 19.7 Å². The van der Waals surface area contributed by atoms with E-state index in [1.165, 1.54) is 12.3 Å². The standard InChI is InChI=1S/C24H26F3N7O/c25-24(26,27)19-7-4-8-28-21(19)32-9-11-33(12-10-32)22-29-20(17-18-5-2-1-3-6-18)30-23(31-22)34-13-15-35-16-14-34/h1-8H,9-17H2. The lowest BCUT2D eigenvalue weighted by molar-refractivity contribution is -0.137. The number of hydrogen-bond donors (Lipinski definition) is 0. The van der Waals surface area contributed by atoms with Gasteiger partial charge in [0, 0.05) is 51.9 Å². The summed E-state index contributed by atoms with van der Waals surface area (Å²) in [6.45, 7) is 4.33. The van der Waals surface area contributed by atoms with E-state index in [-0.39, 0.29) is 5.82 Å². The number of pyridine rings is 1. The third kappa shape index (κ3) is 5.45. The van der Waals surface area contributed by atoms with E-state index in [1.54, 1.807) is 4.90 Å². The third-order valence-electron chi connectivity index (χ3n) is 6.11. The van der Waals surface area contributed by atoms with Crippen LogP contribution < -0.4 is 14.7 Å². The molecule has 0 saturated carbocycles. The van der Waals surface area contributed by atoms with Crippen LogP contribution in [0.4, 0.5) is 30.9 Å². The fourth-order valence-electron chi connectivity index (χ4n) is 4.29. The molecule has 0 aliphatic carbocycles. The maximum atomic E-state index is 13.5. The van der Waals surface area contributed by atoms with E-state index in [1.807, 2.05) is 35.2 Å². The number of rotatable bonds is 5. The highest BCUT2D eigenvalue weighted by Crippen LogP contribution is 2.35. The van der Waals surface area contributed by atoms with Gasteiger partial charge in [0.25, 0.3) is 0 Å². The molecule has 8 nitrogen and oxygen atoms in total. The van der Waals surface area contributed by atoms with E-state index in [2.05, 4.69) is 9.88 Å². The average Bonchev–Trinajstić information content (AvgIpc) is 2.89. The van der Waals surface area contributed by atoms with E-state index in [0.717, 1.165) is 11.6 Å². The Bertz CT molecular complexity index is 1130. The summed E-state index contributed by atoms with van der Waals surface area (Å²) in [7, 11) is 0. The Morgan fingerprint density at radius 1 is 0.743 bits per heavy atom. The Kier molecular flexibility index (Phi) is 6.67. The van der Waals surface area contributed by atoms with Crippen molar-refractivity contribution >= 4 is 17.7 Å². The lowest BCUT2D eigenvalue weighted by atomic mass is 10.1. The second-order valence-electron chi connectivity index (χ2n) is 8.46. The van der Waals surface area contributed by atoms with Gasteiger partial charge >= 0.3 is 6.18 Å². The number of aromatic nitrogens is 4. The first kappa shape index (κ1) is 23.3. The van der Waals surface area contributed by atoms with E-state index < -0.39 is 11.7 Å². The number of halogens is 3. The zero-order valence-corrected chi connectivity index (χ0v) is 19.2. The van der Waals surface area contributed by atoms with Crippen LogP contribution in [0.5, 0.6) is 0 Å². The van der Waals surface area contributed by atoms with Crippen molar-refractivity contribution < 1.29 is 17.9 Å². The van der Waals surface area contributed by atoms with Crippen LogP contribution in [-0.2, 0) is 17.3 Å². The normalized spacial score (nSPS) is 17.1. The van der Waals surface area contributed by atoms with Crippen LogP contribution in [0.1, 0.15) is 17.0 Å². The molecule has 0 atom stereocenters. The second-order valence-corrected chi connectivity index (χ2v) is 8.46. The van der Waals surface area contributed by atoms with Crippen molar-refractivity contribution in [1.29, 1.82) is 0 Å². The number of alkyl halides is 3. The number of morpholine rings is 1. The lowest BCUT2D eigenvalue weighted by Crippen LogP contribution is -2.48. The number of ether oxygens (including phenoxy) is 1. The highest BCUT2D eigenvalue weighted by atomic mass is 19.4. The maximum absolute atomic E-state index is 13.5. The molecule has 35 heavy (non-hydrogen) atoms. The Balaban J connectivity index is 1.37. The van der Waals surface area contributed by atoms with Crippen molar-refractivity contribution in [3.63, 3.8) is 0 Å². The third-order valence-corrected chi connectivity index (χ3v) is 6.11. The van der Waals surface area contributed by atoms with Crippen molar-refractivity contribution in [2.45, 2.75) is 12.6 Å². The van der Waals surface area contributed by atoms with Crippen molar-refractivity contribution in [3.05, 3.63) is 65.6 Å². The lowest BCUT2D eigenvalue weighted by Gasteiger charge is -2.36. The molecule has 3 aromatic rings. The fourth-order valence-corrected chi connectivity index (χ4v) is 4.29. The fraction of sp³-hybridized carbons (Fsp3) is 0.417. The van der Waals surface area contributed by atoms with Gasteiger partial charge in [-0.05, 0) is 17.7 Å². The highest BCUT2D eigenvalue weighted by molar-refractivity contribution is 5.50. The maximum Gasteiger partial charge on any atom is 0.419 e. The molecular weight excluding hydrogens is 459 g/mol. The van der Waals surface area contributed by atoms with Crippen LogP contribution >= 0.6 is 0 Å². The summed E-state index contributed by atoms with van der Waals surface area (Å²) in [6, 6.07) is 12.4. The van der Waals surface area contributed by atoms with Gasteiger partial charge in [0.2, 0.25) is 11.9 Å². The largest absolute Gasteiger partial charge is 0.419 e. The monoisotopic (exact) mass is 485 g/mol. The Morgan fingerprint density at radius 2 is 1.37 bits per heavy atom. The summed E-state index contributed by atoms with van der Waals surface area (Å²) >= 11 is 0. The van der Waals surface area contributed by atoms with Gasteiger partial charge in [-0.25, -0.2) is 4.98 Å². The molecule has 2 aromatic heterocycles. The summed E-state index contributed by atoms with van der Waals surface area (Å²) in [6.07, 6.45) is -2.49. The number of hydrogen-bond acceptors (Lipinski definition) is 8. The molecule has 0 bridgehead atoms. The Morgan fingerprint density at radius 3 is 2.03 bits per heavy atom. The van der Waals surface area contributed by atoms with E-state index >= 15 is 0 Å². The summed E-state index contributed by atoms with van der Waals surface area (Å²) in [5, 5.41) is 0. The molecule has 11 heteroatoms. The zero-order valence-electron chi connectivity index (χ0n) is 19.2. The van der Waals surface area contributed by atoms with Gasteiger partial charge in [-0.2, -0.15) is 28.1 Å². The van der Waals surface area contributed by atoms with Crippen molar-refractivity contribution in [1.82, 2.24) is 19.9 Å². The van der Waals surface area contributed by atoms with Crippen molar-refractivity contribution in [2.24, 2.45) is 0 Å². The summed E-state index contributed by atoms with van der Waals surface area (Å²) < 4.78 is 45.9. The molecule has 0 radical (unpaired) electrons. The molecule has 184 valence electrons. The molecule has 4 heterocycles. The molecule has 0 spiro atoms. The molecule has 2 aliphatic rings. The van der Waals surface area contributed by atoms with Crippen LogP contribution in [-0.4, -0.2) is 72.4 Å². The van der Waals surface area contributed by atoms with Gasteiger partial charge < -0.3 is 19.4 Å². The van der Waals surface area contributed by atoms with Gasteiger partial charge in [-0.1, -0.05) is 30.3 Å². The highest BCUT2D eigenvalue weighted by Gasteiger charge is 2.36. The minimum atomic E-state index is -4.45. The summed E-state index contributed by atoms with van der Waals surface area (Å²) in [4.78, 5) is 24.0. The van der Waals surface area contributed by atoms with Crippen LogP contribution in [0.3, 0.4) is 0 Å². The van der Waals surface area contributed by atoms with Crippen molar-refractivity contribution in [2.75, 3.05) is 67.2 Å². The van der Waals surface area contributed by atoms with Crippen molar-refractivity contribution in [3.8, 4) is 0 Å². The zero-order chi connectivity index (χ0) is 24.3. The number of benzene rings is 1. The van der Waals surface area contributed by atoms with Gasteiger partial charge in [0.05, 0.1) is 18.8 Å². The average molecular weight is 486 g/mol. The summed E-state index contributed by atoms with van der Waals surface area (Å²) in [5.41, 5.74) is 0.380. The number of anilines is 3. The number of piperazine rings is 1. The molecule has 2 aliphatic heterocycles. The quantitative estimate of drug-likeness (QED) is 0.546. The van der Waals surface area contributed by atoms with E-state index in [9.17, 15) is 13.2 Å². The Labute approximate surface area is 201 Å². The minimum Gasteiger partial charge on any atom is -0.378 e.